The minimum atomic E-state index is -0.720. The molecule has 1 heterocycles. The van der Waals surface area contributed by atoms with Gasteiger partial charge in [-0.05, 0) is 19.8 Å². The number of methoxy groups -OCH3 is 1. The molecule has 1 saturated heterocycles. The Kier molecular flexibility index (Phi) is 2.32. The molecule has 15 heavy (non-hydrogen) atoms. The van der Waals surface area contributed by atoms with E-state index in [1.807, 2.05) is 0 Å². The maximum absolute atomic E-state index is 11.4. The molecule has 2 aliphatic rings. The first-order chi connectivity index (χ1) is 7.05. The van der Waals surface area contributed by atoms with E-state index in [4.69, 9.17) is 9.47 Å². The second-order valence-corrected chi connectivity index (χ2v) is 4.27. The van der Waals surface area contributed by atoms with Gasteiger partial charge in [0.15, 0.2) is 0 Å². The maximum Gasteiger partial charge on any atom is 0.508 e. The van der Waals surface area contributed by atoms with E-state index in [0.717, 1.165) is 6.42 Å². The summed E-state index contributed by atoms with van der Waals surface area (Å²) in [5.41, 5.74) is -0.659. The summed E-state index contributed by atoms with van der Waals surface area (Å²) < 4.78 is 14.8. The van der Waals surface area contributed by atoms with E-state index in [9.17, 15) is 9.59 Å². The quantitative estimate of drug-likeness (QED) is 0.615. The molecule has 0 radical (unpaired) electrons. The Morgan fingerprint density at radius 1 is 1.53 bits per heavy atom. The van der Waals surface area contributed by atoms with E-state index in [1.54, 1.807) is 6.92 Å². The number of carbonyl (C=O) groups is 2. The first kappa shape index (κ1) is 10.3. The van der Waals surface area contributed by atoms with Gasteiger partial charge in [0.1, 0.15) is 11.7 Å². The SMILES string of the molecule is COC(=O)OC1CCC2CC1(C)OC2=O. The smallest absolute Gasteiger partial charge is 0.455 e. The van der Waals surface area contributed by atoms with E-state index >= 15 is 0 Å². The van der Waals surface area contributed by atoms with Crippen LogP contribution in [0.15, 0.2) is 0 Å². The Morgan fingerprint density at radius 3 is 2.93 bits per heavy atom. The minimum absolute atomic E-state index is 0.0208. The number of ether oxygens (including phenoxy) is 3. The molecule has 0 aromatic heterocycles. The Hall–Kier alpha value is -1.26. The molecule has 0 spiro atoms. The third-order valence-electron chi connectivity index (χ3n) is 3.18. The van der Waals surface area contributed by atoms with Gasteiger partial charge in [-0.25, -0.2) is 4.79 Å². The average molecular weight is 214 g/mol. The van der Waals surface area contributed by atoms with Crippen LogP contribution in [0.1, 0.15) is 26.2 Å². The lowest BCUT2D eigenvalue weighted by Crippen LogP contribution is -2.44. The van der Waals surface area contributed by atoms with Crippen LogP contribution >= 0.6 is 0 Å². The van der Waals surface area contributed by atoms with Gasteiger partial charge in [-0.3, -0.25) is 4.79 Å². The van der Waals surface area contributed by atoms with E-state index in [0.29, 0.717) is 12.8 Å². The summed E-state index contributed by atoms with van der Waals surface area (Å²) in [4.78, 5) is 22.4. The van der Waals surface area contributed by atoms with Gasteiger partial charge >= 0.3 is 12.1 Å². The van der Waals surface area contributed by atoms with Crippen LogP contribution in [0, 0.1) is 5.92 Å². The molecule has 2 rings (SSSR count). The van der Waals surface area contributed by atoms with Gasteiger partial charge in [-0.2, -0.15) is 0 Å². The molecule has 0 aromatic rings. The third-order valence-corrected chi connectivity index (χ3v) is 3.18. The normalized spacial score (nSPS) is 38.4. The molecular weight excluding hydrogens is 200 g/mol. The Labute approximate surface area is 87.7 Å². The van der Waals surface area contributed by atoms with Crippen LogP contribution in [0.4, 0.5) is 4.79 Å². The van der Waals surface area contributed by atoms with Crippen molar-refractivity contribution in [3.05, 3.63) is 0 Å². The average Bonchev–Trinajstić information content (AvgIpc) is 2.43. The van der Waals surface area contributed by atoms with Crippen LogP contribution < -0.4 is 0 Å². The molecule has 2 bridgehead atoms. The summed E-state index contributed by atoms with van der Waals surface area (Å²) in [6.45, 7) is 1.80. The highest BCUT2D eigenvalue weighted by Gasteiger charge is 2.53. The second-order valence-electron chi connectivity index (χ2n) is 4.27. The fourth-order valence-electron chi connectivity index (χ4n) is 2.35. The summed E-state index contributed by atoms with van der Waals surface area (Å²) in [5.74, 6) is -0.194. The first-order valence-electron chi connectivity index (χ1n) is 5.02. The zero-order valence-electron chi connectivity index (χ0n) is 8.82. The molecule has 1 aliphatic carbocycles. The zero-order chi connectivity index (χ0) is 11.1. The van der Waals surface area contributed by atoms with Crippen molar-refractivity contribution >= 4 is 12.1 Å². The van der Waals surface area contributed by atoms with Crippen LogP contribution in [-0.2, 0) is 19.0 Å². The van der Waals surface area contributed by atoms with Gasteiger partial charge in [0.05, 0.1) is 13.0 Å². The predicted molar refractivity (Wildman–Crippen MR) is 49.1 cm³/mol. The van der Waals surface area contributed by atoms with Gasteiger partial charge in [-0.15, -0.1) is 0 Å². The largest absolute Gasteiger partial charge is 0.508 e. The van der Waals surface area contributed by atoms with Crippen molar-refractivity contribution < 1.29 is 23.8 Å². The third kappa shape index (κ3) is 1.66. The second kappa shape index (κ2) is 3.40. The molecule has 3 atom stereocenters. The van der Waals surface area contributed by atoms with Crippen molar-refractivity contribution in [2.24, 2.45) is 5.92 Å². The summed E-state index contributed by atoms with van der Waals surface area (Å²) in [6, 6.07) is 0. The summed E-state index contributed by atoms with van der Waals surface area (Å²) in [6.07, 6.45) is 0.904. The predicted octanol–water partition coefficient (Wildman–Crippen LogP) is 1.25. The van der Waals surface area contributed by atoms with Gasteiger partial charge in [0, 0.05) is 6.42 Å². The fraction of sp³-hybridized carbons (Fsp3) is 0.800. The van der Waals surface area contributed by atoms with Crippen molar-refractivity contribution in [3.8, 4) is 0 Å². The lowest BCUT2D eigenvalue weighted by atomic mass is 9.80. The van der Waals surface area contributed by atoms with Crippen LogP contribution in [0.5, 0.6) is 0 Å². The topological polar surface area (TPSA) is 61.8 Å². The summed E-state index contributed by atoms with van der Waals surface area (Å²) in [5, 5.41) is 0. The highest BCUT2D eigenvalue weighted by atomic mass is 16.7. The van der Waals surface area contributed by atoms with Crippen molar-refractivity contribution in [1.82, 2.24) is 0 Å². The number of carbonyl (C=O) groups excluding carboxylic acids is 2. The molecule has 5 nitrogen and oxygen atoms in total. The van der Waals surface area contributed by atoms with Gasteiger partial charge < -0.3 is 14.2 Å². The van der Waals surface area contributed by atoms with E-state index in [1.165, 1.54) is 7.11 Å². The van der Waals surface area contributed by atoms with Crippen molar-refractivity contribution in [1.29, 1.82) is 0 Å². The monoisotopic (exact) mass is 214 g/mol. The number of hydrogen-bond acceptors (Lipinski definition) is 5. The van der Waals surface area contributed by atoms with Gasteiger partial charge in [0.2, 0.25) is 0 Å². The highest BCUT2D eigenvalue weighted by molar-refractivity contribution is 5.76. The van der Waals surface area contributed by atoms with Crippen molar-refractivity contribution in [2.45, 2.75) is 37.9 Å². The maximum atomic E-state index is 11.4. The molecule has 0 N–H and O–H groups in total. The zero-order valence-corrected chi connectivity index (χ0v) is 8.82. The lowest BCUT2D eigenvalue weighted by molar-refractivity contribution is -0.156. The molecule has 84 valence electrons. The molecule has 1 saturated carbocycles. The Morgan fingerprint density at radius 2 is 2.27 bits per heavy atom. The van der Waals surface area contributed by atoms with E-state index in [-0.39, 0.29) is 18.0 Å². The van der Waals surface area contributed by atoms with Crippen molar-refractivity contribution in [3.63, 3.8) is 0 Å². The molecule has 5 heteroatoms. The lowest BCUT2D eigenvalue weighted by Gasteiger charge is -2.33. The van der Waals surface area contributed by atoms with E-state index < -0.39 is 11.8 Å². The first-order valence-corrected chi connectivity index (χ1v) is 5.02. The van der Waals surface area contributed by atoms with Gasteiger partial charge in [-0.1, -0.05) is 0 Å². The molecule has 2 fully saturated rings. The Balaban J connectivity index is 2.08. The molecule has 0 aromatic carbocycles. The molecule has 0 amide bonds. The summed E-state index contributed by atoms with van der Waals surface area (Å²) in [7, 11) is 1.26. The minimum Gasteiger partial charge on any atom is -0.455 e. The van der Waals surface area contributed by atoms with E-state index in [2.05, 4.69) is 4.74 Å². The summed E-state index contributed by atoms with van der Waals surface area (Å²) >= 11 is 0. The highest BCUT2D eigenvalue weighted by Crippen LogP contribution is 2.43. The molecular formula is C10H14O5. The molecule has 3 unspecified atom stereocenters. The van der Waals surface area contributed by atoms with Crippen LogP contribution in [0.25, 0.3) is 0 Å². The molecule has 1 aliphatic heterocycles. The Bertz CT molecular complexity index is 300. The van der Waals surface area contributed by atoms with Gasteiger partial charge in [0.25, 0.3) is 0 Å². The van der Waals surface area contributed by atoms with Crippen molar-refractivity contribution in [2.75, 3.05) is 7.11 Å². The number of fused-ring (bicyclic) bond motifs is 2. The van der Waals surface area contributed by atoms with Crippen LogP contribution in [0.2, 0.25) is 0 Å². The van der Waals surface area contributed by atoms with Crippen LogP contribution in [-0.4, -0.2) is 30.9 Å². The standard InChI is InChI=1S/C10H14O5/c1-10-5-6(8(11)15-10)3-4-7(10)14-9(12)13-2/h6-7H,3-5H2,1-2H3. The van der Waals surface area contributed by atoms with Crippen LogP contribution in [0.3, 0.4) is 0 Å². The number of esters is 1. The fourth-order valence-corrected chi connectivity index (χ4v) is 2.35. The number of rotatable bonds is 1. The number of hydrogen-bond donors (Lipinski definition) is 0.